The lowest BCUT2D eigenvalue weighted by molar-refractivity contribution is -0.131. The number of halogens is 1. The van der Waals surface area contributed by atoms with Crippen LogP contribution < -0.4 is 16.0 Å². The third-order valence-electron chi connectivity index (χ3n) is 4.66. The molecule has 1 aliphatic heterocycles. The highest BCUT2D eigenvalue weighted by atomic mass is 35.5. The number of rotatable bonds is 6. The molecule has 0 fully saturated rings. The first-order valence-corrected chi connectivity index (χ1v) is 8.95. The first-order chi connectivity index (χ1) is 12.5. The fourth-order valence-corrected chi connectivity index (χ4v) is 3.13. The van der Waals surface area contributed by atoms with Crippen molar-refractivity contribution < 1.29 is 14.0 Å². The number of hydrogen-bond acceptors (Lipinski definition) is 4. The van der Waals surface area contributed by atoms with Crippen LogP contribution in [-0.2, 0) is 29.1 Å². The number of benzene rings is 1. The molecule has 1 aliphatic rings. The molecular formula is C20H26ClN3O3. The van der Waals surface area contributed by atoms with Crippen LogP contribution in [0.4, 0.5) is 0 Å². The number of furan rings is 1. The summed E-state index contributed by atoms with van der Waals surface area (Å²) in [6.45, 7) is 4.80. The molecule has 0 saturated carbocycles. The van der Waals surface area contributed by atoms with E-state index in [2.05, 4.69) is 22.0 Å². The third kappa shape index (κ3) is 5.34. The first-order valence-electron chi connectivity index (χ1n) is 8.95. The highest BCUT2D eigenvalue weighted by Crippen LogP contribution is 2.16. The van der Waals surface area contributed by atoms with E-state index in [4.69, 9.17) is 4.42 Å². The second-order valence-electron chi connectivity index (χ2n) is 6.93. The zero-order valence-electron chi connectivity index (χ0n) is 15.5. The van der Waals surface area contributed by atoms with Crippen molar-refractivity contribution in [2.24, 2.45) is 5.92 Å². The maximum Gasteiger partial charge on any atom is 0.243 e. The number of fused-ring (bicyclic) bond motifs is 1. The van der Waals surface area contributed by atoms with Crippen LogP contribution in [0.3, 0.4) is 0 Å². The molecule has 0 bridgehead atoms. The van der Waals surface area contributed by atoms with Gasteiger partial charge >= 0.3 is 0 Å². The van der Waals surface area contributed by atoms with Gasteiger partial charge in [0, 0.05) is 6.54 Å². The van der Waals surface area contributed by atoms with Gasteiger partial charge in [0.2, 0.25) is 11.8 Å². The van der Waals surface area contributed by atoms with Crippen molar-refractivity contribution in [3.05, 3.63) is 59.5 Å². The summed E-state index contributed by atoms with van der Waals surface area (Å²) in [4.78, 5) is 25.2. The van der Waals surface area contributed by atoms with E-state index < -0.39 is 6.04 Å². The predicted octanol–water partition coefficient (Wildman–Crippen LogP) is 2.17. The van der Waals surface area contributed by atoms with Gasteiger partial charge in [-0.05, 0) is 35.6 Å². The quantitative estimate of drug-likeness (QED) is 0.704. The van der Waals surface area contributed by atoms with Crippen molar-refractivity contribution in [1.29, 1.82) is 0 Å². The molecule has 2 heterocycles. The molecule has 0 saturated heterocycles. The van der Waals surface area contributed by atoms with E-state index in [0.29, 0.717) is 25.3 Å². The van der Waals surface area contributed by atoms with Crippen LogP contribution in [0.15, 0.2) is 47.1 Å². The van der Waals surface area contributed by atoms with Crippen LogP contribution in [0.5, 0.6) is 0 Å². The van der Waals surface area contributed by atoms with Crippen molar-refractivity contribution in [3.63, 3.8) is 0 Å². The molecule has 146 valence electrons. The molecule has 1 aromatic heterocycles. The maximum absolute atomic E-state index is 12.7. The van der Waals surface area contributed by atoms with Gasteiger partial charge in [-0.25, -0.2) is 0 Å². The third-order valence-corrected chi connectivity index (χ3v) is 4.66. The van der Waals surface area contributed by atoms with E-state index in [0.717, 1.165) is 0 Å². The average molecular weight is 392 g/mol. The molecule has 3 rings (SSSR count). The molecule has 3 N–H and O–H groups in total. The van der Waals surface area contributed by atoms with Gasteiger partial charge in [-0.3, -0.25) is 9.59 Å². The van der Waals surface area contributed by atoms with Crippen molar-refractivity contribution in [3.8, 4) is 0 Å². The molecule has 2 atom stereocenters. The van der Waals surface area contributed by atoms with E-state index in [1.165, 1.54) is 11.1 Å². The minimum Gasteiger partial charge on any atom is -0.467 e. The van der Waals surface area contributed by atoms with Gasteiger partial charge in [0.15, 0.2) is 0 Å². The molecular weight excluding hydrogens is 366 g/mol. The highest BCUT2D eigenvalue weighted by molar-refractivity contribution is 5.90. The molecule has 1 aromatic carbocycles. The van der Waals surface area contributed by atoms with E-state index in [1.807, 2.05) is 32.0 Å². The Morgan fingerprint density at radius 2 is 1.93 bits per heavy atom. The Bertz CT molecular complexity index is 762. The molecule has 0 aliphatic carbocycles. The standard InChI is InChI=1S/C20H25N3O3.ClH/c1-13(2)18(20(25)22-12-16-8-5-9-26-16)23-19(24)17-10-14-6-3-4-7-15(14)11-21-17;/h3-9,13,17-18,21H,10-12H2,1-2H3,(H,22,25)(H,23,24);1H/t17-,18-;/m0./s1. The SMILES string of the molecule is CC(C)[C@H](NC(=O)[C@@H]1Cc2ccccc2CN1)C(=O)NCc1ccco1.Cl. The van der Waals surface area contributed by atoms with Crippen LogP contribution in [-0.4, -0.2) is 23.9 Å². The number of carbonyl (C=O) groups is 2. The Hall–Kier alpha value is -2.31. The monoisotopic (exact) mass is 391 g/mol. The second kappa shape index (κ2) is 9.58. The van der Waals surface area contributed by atoms with Gasteiger partial charge in [-0.2, -0.15) is 0 Å². The zero-order chi connectivity index (χ0) is 18.5. The van der Waals surface area contributed by atoms with Gasteiger partial charge in [0.1, 0.15) is 11.8 Å². The Balaban J connectivity index is 0.00000261. The Kier molecular flexibility index (Phi) is 7.45. The molecule has 0 unspecified atom stereocenters. The smallest absolute Gasteiger partial charge is 0.243 e. The maximum atomic E-state index is 12.7. The Morgan fingerprint density at radius 3 is 2.59 bits per heavy atom. The van der Waals surface area contributed by atoms with Crippen LogP contribution in [0.25, 0.3) is 0 Å². The van der Waals surface area contributed by atoms with Crippen molar-refractivity contribution in [1.82, 2.24) is 16.0 Å². The molecule has 0 radical (unpaired) electrons. The zero-order valence-corrected chi connectivity index (χ0v) is 16.3. The van der Waals surface area contributed by atoms with Gasteiger partial charge in [-0.15, -0.1) is 12.4 Å². The van der Waals surface area contributed by atoms with Crippen LogP contribution in [0.2, 0.25) is 0 Å². The summed E-state index contributed by atoms with van der Waals surface area (Å²) in [6, 6.07) is 10.8. The topological polar surface area (TPSA) is 83.4 Å². The van der Waals surface area contributed by atoms with E-state index in [9.17, 15) is 9.59 Å². The van der Waals surface area contributed by atoms with Crippen LogP contribution in [0, 0.1) is 5.92 Å². The summed E-state index contributed by atoms with van der Waals surface area (Å²) < 4.78 is 5.22. The molecule has 0 spiro atoms. The van der Waals surface area contributed by atoms with Gasteiger partial charge in [0.05, 0.1) is 18.8 Å². The molecule has 2 aromatic rings. The summed E-state index contributed by atoms with van der Waals surface area (Å²) in [7, 11) is 0. The average Bonchev–Trinajstić information content (AvgIpc) is 3.17. The van der Waals surface area contributed by atoms with Gasteiger partial charge in [-0.1, -0.05) is 38.1 Å². The highest BCUT2D eigenvalue weighted by Gasteiger charge is 2.29. The van der Waals surface area contributed by atoms with Crippen LogP contribution in [0.1, 0.15) is 30.7 Å². The summed E-state index contributed by atoms with van der Waals surface area (Å²) in [5.74, 6) is 0.302. The summed E-state index contributed by atoms with van der Waals surface area (Å²) in [6.07, 6.45) is 2.19. The number of nitrogens with one attached hydrogen (secondary N) is 3. The fourth-order valence-electron chi connectivity index (χ4n) is 3.13. The molecule has 2 amide bonds. The van der Waals surface area contributed by atoms with Crippen molar-refractivity contribution >= 4 is 24.2 Å². The van der Waals surface area contributed by atoms with Gasteiger partial charge in [0.25, 0.3) is 0 Å². The number of hydrogen-bond donors (Lipinski definition) is 3. The van der Waals surface area contributed by atoms with Crippen molar-refractivity contribution in [2.75, 3.05) is 0 Å². The number of carbonyl (C=O) groups excluding carboxylic acids is 2. The van der Waals surface area contributed by atoms with E-state index in [1.54, 1.807) is 18.4 Å². The van der Waals surface area contributed by atoms with E-state index in [-0.39, 0.29) is 36.2 Å². The second-order valence-corrected chi connectivity index (χ2v) is 6.93. The molecule has 6 nitrogen and oxygen atoms in total. The molecule has 7 heteroatoms. The summed E-state index contributed by atoms with van der Waals surface area (Å²) >= 11 is 0. The van der Waals surface area contributed by atoms with Gasteiger partial charge < -0.3 is 20.4 Å². The first kappa shape index (κ1) is 21.0. The minimum absolute atomic E-state index is 0. The minimum atomic E-state index is -0.587. The Labute approximate surface area is 165 Å². The lowest BCUT2D eigenvalue weighted by Gasteiger charge is -2.28. The summed E-state index contributed by atoms with van der Waals surface area (Å²) in [5.41, 5.74) is 2.39. The summed E-state index contributed by atoms with van der Waals surface area (Å²) in [5, 5.41) is 8.98. The largest absolute Gasteiger partial charge is 0.467 e. The Morgan fingerprint density at radius 1 is 1.19 bits per heavy atom. The van der Waals surface area contributed by atoms with E-state index >= 15 is 0 Å². The normalized spacial score (nSPS) is 16.8. The van der Waals surface area contributed by atoms with Crippen molar-refractivity contribution in [2.45, 2.75) is 45.4 Å². The fraction of sp³-hybridized carbons (Fsp3) is 0.400. The lowest BCUT2D eigenvalue weighted by atomic mass is 9.95. The molecule has 27 heavy (non-hydrogen) atoms. The predicted molar refractivity (Wildman–Crippen MR) is 105 cm³/mol. The lowest BCUT2D eigenvalue weighted by Crippen LogP contribution is -2.55. The van der Waals surface area contributed by atoms with Crippen LogP contribution >= 0.6 is 12.4 Å². The number of amides is 2.